The van der Waals surface area contributed by atoms with Crippen LogP contribution in [0.1, 0.15) is 18.4 Å². The number of nitrogens with zero attached hydrogens (tertiary/aromatic N) is 1. The summed E-state index contributed by atoms with van der Waals surface area (Å²) in [5, 5.41) is 3.12. The van der Waals surface area contributed by atoms with E-state index < -0.39 is 12.1 Å². The third-order valence-electron chi connectivity index (χ3n) is 3.35. The molecule has 1 aliphatic heterocycles. The van der Waals surface area contributed by atoms with E-state index in [1.807, 2.05) is 0 Å². The van der Waals surface area contributed by atoms with E-state index in [1.54, 1.807) is 30.3 Å². The van der Waals surface area contributed by atoms with Crippen LogP contribution < -0.4 is 5.32 Å². The molecule has 1 fully saturated rings. The van der Waals surface area contributed by atoms with E-state index in [9.17, 15) is 18.0 Å². The van der Waals surface area contributed by atoms with Crippen LogP contribution in [-0.2, 0) is 11.3 Å². The van der Waals surface area contributed by atoms with Gasteiger partial charge in [0.2, 0.25) is 0 Å². The molecule has 0 unspecified atom stereocenters. The number of amides is 1. The zero-order valence-electron chi connectivity index (χ0n) is 11.0. The maximum Gasteiger partial charge on any atom is 0.471 e. The van der Waals surface area contributed by atoms with Crippen molar-refractivity contribution in [2.24, 2.45) is 0 Å². The molecule has 1 saturated heterocycles. The van der Waals surface area contributed by atoms with Gasteiger partial charge in [-0.05, 0) is 24.9 Å². The van der Waals surface area contributed by atoms with Gasteiger partial charge in [-0.15, -0.1) is 0 Å². The molecule has 1 atom stereocenters. The molecule has 110 valence electrons. The average molecular weight is 286 g/mol. The van der Waals surface area contributed by atoms with Gasteiger partial charge in [0.1, 0.15) is 0 Å². The van der Waals surface area contributed by atoms with Crippen LogP contribution in [0.4, 0.5) is 13.2 Å². The lowest BCUT2D eigenvalue weighted by atomic mass is 10.1. The van der Waals surface area contributed by atoms with E-state index in [-0.39, 0.29) is 19.1 Å². The number of hydrogen-bond donors (Lipinski definition) is 1. The molecule has 1 N–H and O–H groups in total. The summed E-state index contributed by atoms with van der Waals surface area (Å²) in [7, 11) is 0. The van der Waals surface area contributed by atoms with Gasteiger partial charge >= 0.3 is 12.1 Å². The topological polar surface area (TPSA) is 32.3 Å². The summed E-state index contributed by atoms with van der Waals surface area (Å²) in [6.45, 7) is 0.870. The predicted octanol–water partition coefficient (Wildman–Crippen LogP) is 2.33. The smallest absolute Gasteiger partial charge is 0.329 e. The lowest BCUT2D eigenvalue weighted by molar-refractivity contribution is -0.186. The predicted molar refractivity (Wildman–Crippen MR) is 68.9 cm³/mol. The summed E-state index contributed by atoms with van der Waals surface area (Å²) >= 11 is 0. The first-order valence-electron chi connectivity index (χ1n) is 6.60. The fourth-order valence-corrected chi connectivity index (χ4v) is 2.38. The first-order valence-corrected chi connectivity index (χ1v) is 6.60. The largest absolute Gasteiger partial charge is 0.471 e. The van der Waals surface area contributed by atoms with Crippen molar-refractivity contribution in [3.8, 4) is 0 Å². The molecule has 2 rings (SSSR count). The number of alkyl halides is 3. The van der Waals surface area contributed by atoms with E-state index in [4.69, 9.17) is 0 Å². The minimum atomic E-state index is -4.83. The highest BCUT2D eigenvalue weighted by Crippen LogP contribution is 2.21. The third kappa shape index (κ3) is 3.96. The van der Waals surface area contributed by atoms with E-state index in [0.717, 1.165) is 24.3 Å². The van der Waals surface area contributed by atoms with Crippen LogP contribution in [0.3, 0.4) is 0 Å². The maximum absolute atomic E-state index is 12.7. The molecular weight excluding hydrogens is 269 g/mol. The van der Waals surface area contributed by atoms with Gasteiger partial charge in [-0.1, -0.05) is 30.3 Å². The van der Waals surface area contributed by atoms with Gasteiger partial charge in [0.15, 0.2) is 0 Å². The molecule has 6 heteroatoms. The molecule has 0 radical (unpaired) electrons. The number of nitrogens with one attached hydrogen (secondary N) is 1. The van der Waals surface area contributed by atoms with Crippen LogP contribution in [-0.4, -0.2) is 36.1 Å². The molecule has 1 amide bonds. The molecule has 0 bridgehead atoms. The van der Waals surface area contributed by atoms with E-state index in [1.165, 1.54) is 0 Å². The van der Waals surface area contributed by atoms with Crippen LogP contribution in [0.25, 0.3) is 0 Å². The Kier molecular flexibility index (Phi) is 4.65. The first-order chi connectivity index (χ1) is 9.47. The lowest BCUT2D eigenvalue weighted by Gasteiger charge is -2.26. The number of benzene rings is 1. The number of halogens is 3. The van der Waals surface area contributed by atoms with Crippen LogP contribution in [0.15, 0.2) is 30.3 Å². The SMILES string of the molecule is O=C(N(Cc1ccccc1)C[C@@H]1CCCN1)C(F)(F)F. The normalized spacial score (nSPS) is 19.1. The fourth-order valence-electron chi connectivity index (χ4n) is 2.38. The molecule has 0 saturated carbocycles. The summed E-state index contributed by atoms with van der Waals surface area (Å²) in [6.07, 6.45) is -3.09. The molecule has 1 aromatic carbocycles. The van der Waals surface area contributed by atoms with Crippen LogP contribution in [0.2, 0.25) is 0 Å². The van der Waals surface area contributed by atoms with Crippen molar-refractivity contribution in [3.63, 3.8) is 0 Å². The first kappa shape index (κ1) is 14.8. The number of rotatable bonds is 4. The molecule has 0 spiro atoms. The molecular formula is C14H17F3N2O. The van der Waals surface area contributed by atoms with Crippen LogP contribution >= 0.6 is 0 Å². The Morgan fingerprint density at radius 2 is 2.00 bits per heavy atom. The van der Waals surface area contributed by atoms with Crippen molar-refractivity contribution in [3.05, 3.63) is 35.9 Å². The van der Waals surface area contributed by atoms with Gasteiger partial charge < -0.3 is 10.2 Å². The lowest BCUT2D eigenvalue weighted by Crippen LogP contribution is -2.46. The quantitative estimate of drug-likeness (QED) is 0.921. The standard InChI is InChI=1S/C14H17F3N2O/c15-14(16,17)13(20)19(10-12-7-4-8-18-12)9-11-5-2-1-3-6-11/h1-3,5-6,12,18H,4,7-10H2/t12-/m0/s1. The van der Waals surface area contributed by atoms with Crippen molar-refractivity contribution in [2.75, 3.05) is 13.1 Å². The highest BCUT2D eigenvalue weighted by Gasteiger charge is 2.43. The number of hydrogen-bond acceptors (Lipinski definition) is 2. The van der Waals surface area contributed by atoms with Gasteiger partial charge in [-0.2, -0.15) is 13.2 Å². The minimum Gasteiger partial charge on any atom is -0.329 e. The molecule has 1 aliphatic rings. The fraction of sp³-hybridized carbons (Fsp3) is 0.500. The molecule has 3 nitrogen and oxygen atoms in total. The van der Waals surface area contributed by atoms with Gasteiger partial charge in [0.05, 0.1) is 0 Å². The van der Waals surface area contributed by atoms with Gasteiger partial charge in [0, 0.05) is 19.1 Å². The maximum atomic E-state index is 12.7. The van der Waals surface area contributed by atoms with Gasteiger partial charge in [-0.25, -0.2) is 0 Å². The number of carbonyl (C=O) groups excluding carboxylic acids is 1. The summed E-state index contributed by atoms with van der Waals surface area (Å²) in [5.41, 5.74) is 0.697. The summed E-state index contributed by atoms with van der Waals surface area (Å²) in [6, 6.07) is 8.68. The Morgan fingerprint density at radius 1 is 1.30 bits per heavy atom. The second kappa shape index (κ2) is 6.26. The Balaban J connectivity index is 2.08. The average Bonchev–Trinajstić information content (AvgIpc) is 2.90. The van der Waals surface area contributed by atoms with Gasteiger partial charge in [0.25, 0.3) is 0 Å². The van der Waals surface area contributed by atoms with Gasteiger partial charge in [-0.3, -0.25) is 4.79 Å². The second-order valence-electron chi connectivity index (χ2n) is 4.96. The molecule has 0 aromatic heterocycles. The zero-order valence-corrected chi connectivity index (χ0v) is 11.0. The van der Waals surface area contributed by atoms with E-state index >= 15 is 0 Å². The monoisotopic (exact) mass is 286 g/mol. The van der Waals surface area contributed by atoms with Crippen molar-refractivity contribution < 1.29 is 18.0 Å². The van der Waals surface area contributed by atoms with Crippen LogP contribution in [0, 0.1) is 0 Å². The van der Waals surface area contributed by atoms with Crippen molar-refractivity contribution >= 4 is 5.91 Å². The summed E-state index contributed by atoms with van der Waals surface area (Å²) < 4.78 is 38.0. The number of carbonyl (C=O) groups is 1. The molecule has 1 aromatic rings. The second-order valence-corrected chi connectivity index (χ2v) is 4.96. The molecule has 1 heterocycles. The Bertz CT molecular complexity index is 441. The van der Waals surface area contributed by atoms with Crippen molar-refractivity contribution in [1.82, 2.24) is 10.2 Å². The minimum absolute atomic E-state index is 0.0165. The Labute approximate surface area is 115 Å². The molecule has 20 heavy (non-hydrogen) atoms. The van der Waals surface area contributed by atoms with E-state index in [0.29, 0.717) is 5.56 Å². The third-order valence-corrected chi connectivity index (χ3v) is 3.35. The highest BCUT2D eigenvalue weighted by atomic mass is 19.4. The summed E-state index contributed by atoms with van der Waals surface area (Å²) in [4.78, 5) is 12.4. The van der Waals surface area contributed by atoms with E-state index in [2.05, 4.69) is 5.32 Å². The Hall–Kier alpha value is -1.56. The van der Waals surface area contributed by atoms with Crippen molar-refractivity contribution in [1.29, 1.82) is 0 Å². The van der Waals surface area contributed by atoms with Crippen molar-refractivity contribution in [2.45, 2.75) is 31.6 Å². The van der Waals surface area contributed by atoms with Crippen LogP contribution in [0.5, 0.6) is 0 Å². The Morgan fingerprint density at radius 3 is 2.55 bits per heavy atom. The zero-order chi connectivity index (χ0) is 14.6. The summed E-state index contributed by atoms with van der Waals surface area (Å²) in [5.74, 6) is -1.77. The highest BCUT2D eigenvalue weighted by molar-refractivity contribution is 5.81. The molecule has 0 aliphatic carbocycles.